The van der Waals surface area contributed by atoms with E-state index in [0.29, 0.717) is 0 Å². The first-order valence-electron chi connectivity index (χ1n) is 6.20. The summed E-state index contributed by atoms with van der Waals surface area (Å²) >= 11 is 1.20. The smallest absolute Gasteiger partial charge is 0.334 e. The van der Waals surface area contributed by atoms with Crippen LogP contribution < -0.4 is 16.0 Å². The van der Waals surface area contributed by atoms with Crippen molar-refractivity contribution in [2.75, 3.05) is 6.26 Å². The summed E-state index contributed by atoms with van der Waals surface area (Å²) in [6, 6.07) is -0.769. The van der Waals surface area contributed by atoms with Gasteiger partial charge in [0.25, 0.3) is 0 Å². The van der Waals surface area contributed by atoms with E-state index in [1.807, 2.05) is 34.6 Å². The van der Waals surface area contributed by atoms with Crippen LogP contribution in [0.15, 0.2) is 4.99 Å². The van der Waals surface area contributed by atoms with Gasteiger partial charge < -0.3 is 10.6 Å². The number of hydrogen-bond donors (Lipinski definition) is 3. The summed E-state index contributed by atoms with van der Waals surface area (Å²) < 4.78 is 0. The Balaban J connectivity index is 4.49. The molecule has 0 aliphatic rings. The van der Waals surface area contributed by atoms with Gasteiger partial charge in [-0.15, -0.1) is 0 Å². The minimum Gasteiger partial charge on any atom is -0.334 e. The highest BCUT2D eigenvalue weighted by molar-refractivity contribution is 8.13. The highest BCUT2D eigenvalue weighted by Gasteiger charge is 2.15. The summed E-state index contributed by atoms with van der Waals surface area (Å²) in [4.78, 5) is 27.0. The average molecular weight is 288 g/mol. The van der Waals surface area contributed by atoms with Crippen LogP contribution in [0.1, 0.15) is 41.0 Å². The van der Waals surface area contributed by atoms with E-state index in [4.69, 9.17) is 0 Å². The molecule has 0 spiro atoms. The van der Waals surface area contributed by atoms with E-state index < -0.39 is 6.03 Å². The molecule has 110 valence electrons. The van der Waals surface area contributed by atoms with Gasteiger partial charge in [0.2, 0.25) is 0 Å². The minimum atomic E-state index is -0.449. The first kappa shape index (κ1) is 17.8. The van der Waals surface area contributed by atoms with Crippen molar-refractivity contribution in [3.8, 4) is 0 Å². The molecule has 1 atom stereocenters. The molecule has 0 aliphatic heterocycles. The SMILES string of the molecule is CCC(C)NC(=O)N=C(NC(=O)NC(C)(C)C)SC. The summed E-state index contributed by atoms with van der Waals surface area (Å²) in [6.45, 7) is 9.49. The van der Waals surface area contributed by atoms with Crippen molar-refractivity contribution >= 4 is 29.0 Å². The quantitative estimate of drug-likeness (QED) is 0.538. The lowest BCUT2D eigenvalue weighted by atomic mass is 10.1. The number of carbonyl (C=O) groups is 2. The van der Waals surface area contributed by atoms with Crippen LogP contribution in [0.25, 0.3) is 0 Å². The van der Waals surface area contributed by atoms with Gasteiger partial charge in [0.05, 0.1) is 0 Å². The Morgan fingerprint density at radius 2 is 1.89 bits per heavy atom. The fourth-order valence-corrected chi connectivity index (χ4v) is 1.40. The molecule has 0 aromatic heterocycles. The molecule has 7 heteroatoms. The fourth-order valence-electron chi connectivity index (χ4n) is 1.03. The number of thioether (sulfide) groups is 1. The van der Waals surface area contributed by atoms with E-state index in [9.17, 15) is 9.59 Å². The summed E-state index contributed by atoms with van der Waals surface area (Å²) in [7, 11) is 0. The van der Waals surface area contributed by atoms with Gasteiger partial charge in [-0.3, -0.25) is 5.32 Å². The van der Waals surface area contributed by atoms with E-state index in [2.05, 4.69) is 20.9 Å². The molecule has 0 aromatic carbocycles. The summed E-state index contributed by atoms with van der Waals surface area (Å²) in [5.41, 5.74) is -0.341. The lowest BCUT2D eigenvalue weighted by molar-refractivity contribution is 0.237. The van der Waals surface area contributed by atoms with E-state index in [-0.39, 0.29) is 22.8 Å². The number of hydrogen-bond acceptors (Lipinski definition) is 3. The summed E-state index contributed by atoms with van der Waals surface area (Å²) in [5, 5.41) is 8.25. The summed E-state index contributed by atoms with van der Waals surface area (Å²) in [6.07, 6.45) is 2.57. The molecule has 19 heavy (non-hydrogen) atoms. The Morgan fingerprint density at radius 1 is 1.32 bits per heavy atom. The third kappa shape index (κ3) is 9.35. The van der Waals surface area contributed by atoms with Crippen LogP contribution in [0.5, 0.6) is 0 Å². The van der Waals surface area contributed by atoms with Crippen LogP contribution in [0.4, 0.5) is 9.59 Å². The number of nitrogens with zero attached hydrogens (tertiary/aromatic N) is 1. The first-order valence-corrected chi connectivity index (χ1v) is 7.42. The molecule has 0 heterocycles. The fraction of sp³-hybridized carbons (Fsp3) is 0.750. The van der Waals surface area contributed by atoms with Crippen LogP contribution in [0, 0.1) is 0 Å². The molecule has 0 rings (SSSR count). The molecule has 4 amide bonds. The number of amides is 4. The van der Waals surface area contributed by atoms with Gasteiger partial charge in [0, 0.05) is 11.6 Å². The lowest BCUT2D eigenvalue weighted by Gasteiger charge is -2.20. The molecule has 0 saturated carbocycles. The molecular weight excluding hydrogens is 264 g/mol. The molecule has 0 aliphatic carbocycles. The second kappa shape index (κ2) is 8.04. The van der Waals surface area contributed by atoms with Crippen LogP contribution in [-0.2, 0) is 0 Å². The van der Waals surface area contributed by atoms with Crippen molar-refractivity contribution in [3.05, 3.63) is 0 Å². The van der Waals surface area contributed by atoms with Gasteiger partial charge in [-0.2, -0.15) is 4.99 Å². The van der Waals surface area contributed by atoms with Crippen molar-refractivity contribution in [1.82, 2.24) is 16.0 Å². The van der Waals surface area contributed by atoms with Gasteiger partial charge in [-0.05, 0) is 40.4 Å². The lowest BCUT2D eigenvalue weighted by Crippen LogP contribution is -2.48. The van der Waals surface area contributed by atoms with Crippen LogP contribution >= 0.6 is 11.8 Å². The highest BCUT2D eigenvalue weighted by atomic mass is 32.2. The number of nitrogens with one attached hydrogen (secondary N) is 3. The number of urea groups is 2. The molecule has 0 aromatic rings. The molecule has 3 N–H and O–H groups in total. The molecule has 0 saturated heterocycles. The average Bonchev–Trinajstić information content (AvgIpc) is 2.25. The summed E-state index contributed by atoms with van der Waals surface area (Å²) in [5.74, 6) is 0. The van der Waals surface area contributed by atoms with Gasteiger partial charge in [0.1, 0.15) is 0 Å². The van der Waals surface area contributed by atoms with Gasteiger partial charge in [0.15, 0.2) is 5.17 Å². The Bertz CT molecular complexity index is 350. The topological polar surface area (TPSA) is 82.6 Å². The third-order valence-electron chi connectivity index (χ3n) is 2.09. The number of amidine groups is 1. The zero-order chi connectivity index (χ0) is 15.1. The van der Waals surface area contributed by atoms with E-state index in [0.717, 1.165) is 6.42 Å². The Kier molecular flexibility index (Phi) is 7.51. The number of rotatable bonds is 2. The number of aliphatic imine (C=N–C) groups is 1. The van der Waals surface area contributed by atoms with Crippen molar-refractivity contribution in [2.24, 2.45) is 4.99 Å². The maximum absolute atomic E-state index is 11.6. The second-order valence-corrected chi connectivity index (χ2v) is 6.00. The Hall–Kier alpha value is -1.24. The largest absolute Gasteiger partial charge is 0.343 e. The van der Waals surface area contributed by atoms with Crippen molar-refractivity contribution in [3.63, 3.8) is 0 Å². The monoisotopic (exact) mass is 288 g/mol. The van der Waals surface area contributed by atoms with Crippen LogP contribution in [0.3, 0.4) is 0 Å². The molecule has 0 bridgehead atoms. The molecule has 0 radical (unpaired) electrons. The molecule has 6 nitrogen and oxygen atoms in total. The molecule has 1 unspecified atom stereocenters. The minimum absolute atomic E-state index is 0.0581. The van der Waals surface area contributed by atoms with Gasteiger partial charge >= 0.3 is 12.1 Å². The van der Waals surface area contributed by atoms with Crippen LogP contribution in [-0.4, -0.2) is 35.1 Å². The van der Waals surface area contributed by atoms with E-state index in [1.165, 1.54) is 11.8 Å². The van der Waals surface area contributed by atoms with E-state index >= 15 is 0 Å². The van der Waals surface area contributed by atoms with Gasteiger partial charge in [-0.1, -0.05) is 18.7 Å². The first-order chi connectivity index (χ1) is 8.67. The van der Waals surface area contributed by atoms with Gasteiger partial charge in [-0.25, -0.2) is 9.59 Å². The standard InChI is InChI=1S/C12H24N4O2S/c1-7-8(2)13-9(17)14-11(19-6)15-10(18)16-12(3,4)5/h8H,7H2,1-6H3,(H3,13,14,15,16,17,18). The predicted octanol–water partition coefficient (Wildman–Crippen LogP) is 2.31. The highest BCUT2D eigenvalue weighted by Crippen LogP contribution is 2.00. The molecule has 0 fully saturated rings. The van der Waals surface area contributed by atoms with Crippen molar-refractivity contribution in [2.45, 2.75) is 52.6 Å². The number of carbonyl (C=O) groups excluding carboxylic acids is 2. The second-order valence-electron chi connectivity index (χ2n) is 5.21. The van der Waals surface area contributed by atoms with E-state index in [1.54, 1.807) is 6.26 Å². The Labute approximate surface area is 119 Å². The zero-order valence-electron chi connectivity index (χ0n) is 12.5. The van der Waals surface area contributed by atoms with Crippen molar-refractivity contribution < 1.29 is 9.59 Å². The maximum Gasteiger partial charge on any atom is 0.343 e. The Morgan fingerprint density at radius 3 is 2.32 bits per heavy atom. The normalized spacial score (nSPS) is 13.7. The zero-order valence-corrected chi connectivity index (χ0v) is 13.3. The predicted molar refractivity (Wildman–Crippen MR) is 80.7 cm³/mol. The molecular formula is C12H24N4O2S. The third-order valence-corrected chi connectivity index (χ3v) is 2.67. The maximum atomic E-state index is 11.6. The van der Waals surface area contributed by atoms with Crippen LogP contribution in [0.2, 0.25) is 0 Å². The van der Waals surface area contributed by atoms with Crippen molar-refractivity contribution in [1.29, 1.82) is 0 Å².